The molecule has 7 N–H and O–H groups in total. The fraction of sp³-hybridized carbons (Fsp3) is 0.389. The summed E-state index contributed by atoms with van der Waals surface area (Å²) in [5.41, 5.74) is 8.22. The normalized spacial score (nSPS) is 12.6. The molecule has 2 rings (SSSR count). The number of rotatable bonds is 12. The molecule has 0 aliphatic carbocycles. The van der Waals surface area contributed by atoms with Gasteiger partial charge in [0.25, 0.3) is 5.91 Å². The summed E-state index contributed by atoms with van der Waals surface area (Å²) in [6.07, 6.45) is -0.976. The van der Waals surface area contributed by atoms with Crippen LogP contribution in [-0.2, 0) is 4.79 Å². The van der Waals surface area contributed by atoms with Crippen molar-refractivity contribution in [2.24, 2.45) is 11.6 Å². The van der Waals surface area contributed by atoms with Crippen LogP contribution in [0.15, 0.2) is 36.4 Å². The first-order valence-corrected chi connectivity index (χ1v) is 8.96. The molecular formula is C18H26N6O5. The monoisotopic (exact) mass is 406 g/mol. The van der Waals surface area contributed by atoms with Gasteiger partial charge in [-0.1, -0.05) is 12.1 Å². The van der Waals surface area contributed by atoms with E-state index in [4.69, 9.17) is 25.8 Å². The number of nitrogen functional groups attached to an aromatic ring is 1. The zero-order valence-electron chi connectivity index (χ0n) is 16.1. The second kappa shape index (κ2) is 11.6. The van der Waals surface area contributed by atoms with Crippen LogP contribution in [-0.4, -0.2) is 53.8 Å². The summed E-state index contributed by atoms with van der Waals surface area (Å²) in [4.78, 5) is 11.8. The first-order chi connectivity index (χ1) is 14.0. The Morgan fingerprint density at radius 1 is 1.21 bits per heavy atom. The van der Waals surface area contributed by atoms with Gasteiger partial charge in [0.2, 0.25) is 5.88 Å². The van der Waals surface area contributed by atoms with Crippen molar-refractivity contribution in [1.82, 2.24) is 15.5 Å². The second-order valence-electron chi connectivity index (χ2n) is 5.98. The van der Waals surface area contributed by atoms with Gasteiger partial charge in [-0.05, 0) is 31.0 Å². The topological polar surface area (TPSA) is 167 Å². The highest BCUT2D eigenvalue weighted by Crippen LogP contribution is 2.26. The number of carbonyl (C=O) groups is 1. The number of amides is 1. The van der Waals surface area contributed by atoms with Crippen LogP contribution in [0.3, 0.4) is 0 Å². The molecule has 11 heteroatoms. The van der Waals surface area contributed by atoms with Gasteiger partial charge in [0.1, 0.15) is 6.10 Å². The highest BCUT2D eigenvalue weighted by atomic mass is 16.5. The largest absolute Gasteiger partial charge is 0.493 e. The fourth-order valence-corrected chi connectivity index (χ4v) is 2.31. The van der Waals surface area contributed by atoms with Crippen LogP contribution in [0.1, 0.15) is 12.8 Å². The van der Waals surface area contributed by atoms with Crippen molar-refractivity contribution in [1.29, 1.82) is 0 Å². The molecule has 2 unspecified atom stereocenters. The van der Waals surface area contributed by atoms with Gasteiger partial charge >= 0.3 is 0 Å². The minimum absolute atomic E-state index is 0.203. The quantitative estimate of drug-likeness (QED) is 0.137. The molecule has 1 aromatic heterocycles. The number of hydrogen-bond donors (Lipinski definition) is 5. The maximum atomic E-state index is 11.8. The Labute approximate surface area is 168 Å². The van der Waals surface area contributed by atoms with Crippen LogP contribution in [0.5, 0.6) is 17.4 Å². The maximum absolute atomic E-state index is 11.8. The summed E-state index contributed by atoms with van der Waals surface area (Å²) < 4.78 is 15.9. The van der Waals surface area contributed by atoms with Crippen LogP contribution in [0, 0.1) is 0 Å². The molecule has 0 radical (unpaired) electrons. The molecule has 11 nitrogen and oxygen atoms in total. The lowest BCUT2D eigenvalue weighted by atomic mass is 10.1. The molecule has 2 aromatic rings. The Bertz CT molecular complexity index is 761. The van der Waals surface area contributed by atoms with Crippen molar-refractivity contribution in [3.63, 3.8) is 0 Å². The van der Waals surface area contributed by atoms with E-state index >= 15 is 0 Å². The SMILES string of the molecule is COc1ccccc1OC(N)C(O)CCCNC(=O)COc1ccc(NN)nn1. The summed E-state index contributed by atoms with van der Waals surface area (Å²) >= 11 is 0. The number of methoxy groups -OCH3 is 1. The number of hydrazine groups is 1. The smallest absolute Gasteiger partial charge is 0.258 e. The van der Waals surface area contributed by atoms with Gasteiger partial charge in [0.15, 0.2) is 30.2 Å². The Morgan fingerprint density at radius 2 is 1.97 bits per heavy atom. The van der Waals surface area contributed by atoms with E-state index in [2.05, 4.69) is 20.9 Å². The van der Waals surface area contributed by atoms with Gasteiger partial charge in [0, 0.05) is 12.6 Å². The van der Waals surface area contributed by atoms with Gasteiger partial charge in [-0.15, -0.1) is 10.2 Å². The number of hydrogen-bond acceptors (Lipinski definition) is 10. The number of aliphatic hydroxyl groups is 1. The third-order valence-electron chi connectivity index (χ3n) is 3.85. The van der Waals surface area contributed by atoms with E-state index in [1.165, 1.54) is 13.2 Å². The molecule has 0 saturated heterocycles. The highest BCUT2D eigenvalue weighted by molar-refractivity contribution is 5.77. The molecule has 0 fully saturated rings. The maximum Gasteiger partial charge on any atom is 0.258 e. The summed E-state index contributed by atoms with van der Waals surface area (Å²) in [7, 11) is 1.52. The first-order valence-electron chi connectivity index (χ1n) is 8.96. The number of carbonyl (C=O) groups excluding carboxylic acids is 1. The number of nitrogens with one attached hydrogen (secondary N) is 2. The van der Waals surface area contributed by atoms with Gasteiger partial charge in [-0.25, -0.2) is 5.84 Å². The Kier molecular flexibility index (Phi) is 8.89. The van der Waals surface area contributed by atoms with Crippen LogP contribution in [0.2, 0.25) is 0 Å². The molecular weight excluding hydrogens is 380 g/mol. The molecule has 2 atom stereocenters. The molecule has 29 heavy (non-hydrogen) atoms. The summed E-state index contributed by atoms with van der Waals surface area (Å²) in [6.45, 7) is 0.144. The van der Waals surface area contributed by atoms with Crippen LogP contribution in [0.4, 0.5) is 5.82 Å². The number of aromatic nitrogens is 2. The number of ether oxygens (including phenoxy) is 3. The van der Waals surface area contributed by atoms with Gasteiger partial charge in [-0.2, -0.15) is 0 Å². The lowest BCUT2D eigenvalue weighted by Crippen LogP contribution is -2.40. The molecule has 0 saturated carbocycles. The highest BCUT2D eigenvalue weighted by Gasteiger charge is 2.18. The predicted molar refractivity (Wildman–Crippen MR) is 105 cm³/mol. The fourth-order valence-electron chi connectivity index (χ4n) is 2.31. The van der Waals surface area contributed by atoms with Gasteiger partial charge in [-0.3, -0.25) is 10.5 Å². The van der Waals surface area contributed by atoms with Crippen LogP contribution < -0.4 is 36.5 Å². The van der Waals surface area contributed by atoms with Crippen molar-refractivity contribution >= 4 is 11.7 Å². The standard InChI is InChI=1S/C18H26N6O5/c1-27-13-6-2-3-7-14(13)29-18(19)12(25)5-4-10-21-16(26)11-28-17-9-8-15(22-20)23-24-17/h2-3,6-9,12,18,25H,4-5,10-11,19-20H2,1H3,(H,21,26)(H,22,23). The number of anilines is 1. The van der Waals surface area contributed by atoms with Crippen LogP contribution in [0.25, 0.3) is 0 Å². The van der Waals surface area contributed by atoms with Crippen molar-refractivity contribution < 1.29 is 24.1 Å². The molecule has 0 bridgehead atoms. The molecule has 158 valence electrons. The van der Waals surface area contributed by atoms with E-state index < -0.39 is 12.3 Å². The second-order valence-corrected chi connectivity index (χ2v) is 5.98. The van der Waals surface area contributed by atoms with Crippen molar-refractivity contribution in [2.75, 3.05) is 25.7 Å². The third kappa shape index (κ3) is 7.41. The number of nitrogens with zero attached hydrogens (tertiary/aromatic N) is 2. The molecule has 0 aliphatic rings. The molecule has 0 spiro atoms. The number of benzene rings is 1. The van der Waals surface area contributed by atoms with E-state index in [1.807, 2.05) is 0 Å². The van der Waals surface area contributed by atoms with Crippen molar-refractivity contribution in [2.45, 2.75) is 25.2 Å². The Balaban J connectivity index is 1.63. The molecule has 0 aliphatic heterocycles. The van der Waals surface area contributed by atoms with Crippen LogP contribution >= 0.6 is 0 Å². The van der Waals surface area contributed by atoms with Gasteiger partial charge in [0.05, 0.1) is 7.11 Å². The third-order valence-corrected chi connectivity index (χ3v) is 3.85. The lowest BCUT2D eigenvalue weighted by Gasteiger charge is -2.21. The minimum Gasteiger partial charge on any atom is -0.493 e. The van der Waals surface area contributed by atoms with Crippen molar-refractivity contribution in [3.8, 4) is 17.4 Å². The first kappa shape index (κ1) is 22.1. The number of aliphatic hydroxyl groups excluding tert-OH is 1. The Hall–Kier alpha value is -3.15. The predicted octanol–water partition coefficient (Wildman–Crippen LogP) is -0.229. The van der Waals surface area contributed by atoms with Crippen molar-refractivity contribution in [3.05, 3.63) is 36.4 Å². The van der Waals surface area contributed by atoms with E-state index in [0.717, 1.165) is 0 Å². The minimum atomic E-state index is -0.921. The van der Waals surface area contributed by atoms with E-state index in [0.29, 0.717) is 36.7 Å². The number of nitrogens with two attached hydrogens (primary N) is 2. The summed E-state index contributed by atoms with van der Waals surface area (Å²) in [6, 6.07) is 10.1. The Morgan fingerprint density at radius 3 is 2.62 bits per heavy atom. The zero-order chi connectivity index (χ0) is 21.1. The zero-order valence-corrected chi connectivity index (χ0v) is 16.1. The number of para-hydroxylation sites is 2. The summed E-state index contributed by atoms with van der Waals surface area (Å²) in [5.74, 6) is 6.43. The van der Waals surface area contributed by atoms with E-state index in [-0.39, 0.29) is 18.4 Å². The average Bonchev–Trinajstić information content (AvgIpc) is 2.75. The van der Waals surface area contributed by atoms with E-state index in [1.54, 1.807) is 30.3 Å². The van der Waals surface area contributed by atoms with Gasteiger partial charge < -0.3 is 30.1 Å². The van der Waals surface area contributed by atoms with E-state index in [9.17, 15) is 9.90 Å². The average molecular weight is 406 g/mol. The molecule has 1 amide bonds. The summed E-state index contributed by atoms with van der Waals surface area (Å²) in [5, 5.41) is 20.3. The lowest BCUT2D eigenvalue weighted by molar-refractivity contribution is -0.123. The molecule has 1 heterocycles. The molecule has 1 aromatic carbocycles.